The average molecular weight is 409 g/mol. The van der Waals surface area contributed by atoms with Crippen molar-refractivity contribution in [1.82, 2.24) is 0 Å². The summed E-state index contributed by atoms with van der Waals surface area (Å²) in [5.74, 6) is -1.17. The van der Waals surface area contributed by atoms with Crippen molar-refractivity contribution in [3.05, 3.63) is 94.5 Å². The van der Waals surface area contributed by atoms with E-state index in [0.717, 1.165) is 0 Å². The van der Waals surface area contributed by atoms with Gasteiger partial charge in [-0.2, -0.15) is 0 Å². The van der Waals surface area contributed by atoms with Gasteiger partial charge in [0, 0.05) is 27.5 Å². The minimum absolute atomic E-state index is 0.328. The molecular weight excluding hydrogens is 392 g/mol. The van der Waals surface area contributed by atoms with Crippen LogP contribution in [-0.4, -0.2) is 24.9 Å². The van der Waals surface area contributed by atoms with E-state index in [-0.39, 0.29) is 11.8 Å². The fourth-order valence-corrected chi connectivity index (χ4v) is 2.78. The molecule has 0 spiro atoms. The molecule has 0 aromatic heterocycles. The van der Waals surface area contributed by atoms with E-state index in [9.17, 15) is 14.4 Å². The summed E-state index contributed by atoms with van der Waals surface area (Å²) < 4.78 is 4.63. The molecule has 0 radical (unpaired) electrons. The van der Waals surface area contributed by atoms with Crippen LogP contribution in [0.5, 0.6) is 0 Å². The molecule has 0 unspecified atom stereocenters. The zero-order valence-electron chi connectivity index (χ0n) is 15.4. The van der Waals surface area contributed by atoms with Crippen LogP contribution in [0.25, 0.3) is 0 Å². The minimum atomic E-state index is -0.477. The van der Waals surface area contributed by atoms with E-state index in [1.807, 2.05) is 0 Å². The van der Waals surface area contributed by atoms with Gasteiger partial charge in [-0.15, -0.1) is 0 Å². The number of halogens is 1. The number of benzene rings is 3. The van der Waals surface area contributed by atoms with Gasteiger partial charge in [0.05, 0.1) is 12.7 Å². The predicted molar refractivity (Wildman–Crippen MR) is 112 cm³/mol. The fourth-order valence-electron chi connectivity index (χ4n) is 2.59. The normalized spacial score (nSPS) is 10.1. The number of amides is 2. The predicted octanol–water partition coefficient (Wildman–Crippen LogP) is 4.63. The summed E-state index contributed by atoms with van der Waals surface area (Å²) in [5, 5.41) is 6.00. The Morgan fingerprint density at radius 3 is 1.90 bits per heavy atom. The van der Waals surface area contributed by atoms with Gasteiger partial charge in [-0.05, 0) is 60.7 Å². The third-order valence-electron chi connectivity index (χ3n) is 4.03. The van der Waals surface area contributed by atoms with E-state index in [0.29, 0.717) is 33.1 Å². The van der Waals surface area contributed by atoms with Gasteiger partial charge < -0.3 is 15.4 Å². The second kappa shape index (κ2) is 9.03. The highest BCUT2D eigenvalue weighted by molar-refractivity contribution is 6.31. The molecule has 7 heteroatoms. The number of methoxy groups -OCH3 is 1. The van der Waals surface area contributed by atoms with E-state index in [4.69, 9.17) is 11.6 Å². The monoisotopic (exact) mass is 408 g/mol. The second-order valence-electron chi connectivity index (χ2n) is 6.07. The van der Waals surface area contributed by atoms with Gasteiger partial charge in [0.2, 0.25) is 0 Å². The van der Waals surface area contributed by atoms with Gasteiger partial charge in [-0.1, -0.05) is 23.7 Å². The molecule has 0 aliphatic heterocycles. The topological polar surface area (TPSA) is 84.5 Å². The van der Waals surface area contributed by atoms with E-state index in [1.54, 1.807) is 48.5 Å². The maximum atomic E-state index is 12.5. The van der Waals surface area contributed by atoms with Crippen molar-refractivity contribution in [2.45, 2.75) is 0 Å². The Labute approximate surface area is 172 Å². The van der Waals surface area contributed by atoms with Crippen LogP contribution in [0, 0.1) is 0 Å². The zero-order valence-corrected chi connectivity index (χ0v) is 16.2. The number of rotatable bonds is 5. The van der Waals surface area contributed by atoms with Gasteiger partial charge in [0.1, 0.15) is 0 Å². The maximum absolute atomic E-state index is 12.5. The molecule has 0 atom stereocenters. The molecule has 3 aromatic carbocycles. The third-order valence-corrected chi connectivity index (χ3v) is 4.27. The number of anilines is 2. The SMILES string of the molecule is COC(=O)c1ccc(C(=O)Nc2cccc(C(=O)Nc3cccc(Cl)c3)c2)cc1. The quantitative estimate of drug-likeness (QED) is 0.603. The average Bonchev–Trinajstić information content (AvgIpc) is 2.73. The highest BCUT2D eigenvalue weighted by Gasteiger charge is 2.11. The lowest BCUT2D eigenvalue weighted by molar-refractivity contribution is 0.0600. The summed E-state index contributed by atoms with van der Waals surface area (Å²) in [6.45, 7) is 0. The Kier molecular flexibility index (Phi) is 6.26. The van der Waals surface area contributed by atoms with Crippen LogP contribution < -0.4 is 10.6 Å². The molecule has 29 heavy (non-hydrogen) atoms. The molecule has 0 aliphatic rings. The smallest absolute Gasteiger partial charge is 0.337 e. The fraction of sp³-hybridized carbons (Fsp3) is 0.0455. The molecule has 2 N–H and O–H groups in total. The zero-order chi connectivity index (χ0) is 20.8. The Morgan fingerprint density at radius 2 is 1.28 bits per heavy atom. The highest BCUT2D eigenvalue weighted by Crippen LogP contribution is 2.18. The second-order valence-corrected chi connectivity index (χ2v) is 6.50. The van der Waals surface area contributed by atoms with Crippen molar-refractivity contribution in [2.24, 2.45) is 0 Å². The van der Waals surface area contributed by atoms with Gasteiger partial charge in [0.25, 0.3) is 11.8 Å². The molecule has 0 bridgehead atoms. The van der Waals surface area contributed by atoms with Gasteiger partial charge >= 0.3 is 5.97 Å². The number of carbonyl (C=O) groups is 3. The van der Waals surface area contributed by atoms with Crippen LogP contribution in [-0.2, 0) is 4.74 Å². The van der Waals surface area contributed by atoms with E-state index >= 15 is 0 Å². The van der Waals surface area contributed by atoms with Crippen LogP contribution in [0.3, 0.4) is 0 Å². The largest absolute Gasteiger partial charge is 0.465 e. The molecule has 6 nitrogen and oxygen atoms in total. The molecule has 0 saturated heterocycles. The van der Waals surface area contributed by atoms with Crippen LogP contribution in [0.2, 0.25) is 5.02 Å². The summed E-state index contributed by atoms with van der Waals surface area (Å²) in [4.78, 5) is 36.4. The van der Waals surface area contributed by atoms with Crippen LogP contribution in [0.1, 0.15) is 31.1 Å². The van der Waals surface area contributed by atoms with Crippen LogP contribution in [0.4, 0.5) is 11.4 Å². The van der Waals surface area contributed by atoms with Gasteiger partial charge in [-0.3, -0.25) is 9.59 Å². The van der Waals surface area contributed by atoms with E-state index < -0.39 is 5.97 Å². The first-order chi connectivity index (χ1) is 14.0. The number of hydrogen-bond donors (Lipinski definition) is 2. The first-order valence-corrected chi connectivity index (χ1v) is 9.01. The number of nitrogens with one attached hydrogen (secondary N) is 2. The van der Waals surface area contributed by atoms with Crippen LogP contribution in [0.15, 0.2) is 72.8 Å². The molecule has 0 saturated carbocycles. The number of esters is 1. The number of carbonyl (C=O) groups excluding carboxylic acids is 3. The molecule has 2 amide bonds. The summed E-state index contributed by atoms with van der Waals surface area (Å²) in [7, 11) is 1.29. The first-order valence-electron chi connectivity index (χ1n) is 8.63. The Bertz CT molecular complexity index is 1060. The van der Waals surface area contributed by atoms with Crippen LogP contribution >= 0.6 is 11.6 Å². The molecule has 3 aromatic rings. The van der Waals surface area contributed by atoms with Crippen molar-refractivity contribution < 1.29 is 19.1 Å². The molecular formula is C22H17ClN2O4. The summed E-state index contributed by atoms with van der Waals surface area (Å²) in [6, 6.07) is 19.4. The summed E-state index contributed by atoms with van der Waals surface area (Å²) >= 11 is 5.93. The third kappa shape index (κ3) is 5.21. The number of hydrogen-bond acceptors (Lipinski definition) is 4. The van der Waals surface area contributed by atoms with Crippen molar-refractivity contribution in [3.8, 4) is 0 Å². The van der Waals surface area contributed by atoms with E-state index in [1.165, 1.54) is 31.4 Å². The van der Waals surface area contributed by atoms with Crippen molar-refractivity contribution in [2.75, 3.05) is 17.7 Å². The molecule has 0 aliphatic carbocycles. The summed E-state index contributed by atoms with van der Waals surface area (Å²) in [6.07, 6.45) is 0. The Morgan fingerprint density at radius 1 is 0.724 bits per heavy atom. The lowest BCUT2D eigenvalue weighted by Gasteiger charge is -2.09. The lowest BCUT2D eigenvalue weighted by atomic mass is 10.1. The summed E-state index contributed by atoms with van der Waals surface area (Å²) in [5.41, 5.74) is 2.13. The lowest BCUT2D eigenvalue weighted by Crippen LogP contribution is -2.15. The Hall–Kier alpha value is -3.64. The maximum Gasteiger partial charge on any atom is 0.337 e. The van der Waals surface area contributed by atoms with Crippen molar-refractivity contribution in [3.63, 3.8) is 0 Å². The van der Waals surface area contributed by atoms with Gasteiger partial charge in [0.15, 0.2) is 0 Å². The minimum Gasteiger partial charge on any atom is -0.465 e. The molecule has 0 fully saturated rings. The van der Waals surface area contributed by atoms with Gasteiger partial charge in [-0.25, -0.2) is 4.79 Å². The van der Waals surface area contributed by atoms with Crippen molar-refractivity contribution in [1.29, 1.82) is 0 Å². The molecule has 146 valence electrons. The highest BCUT2D eigenvalue weighted by atomic mass is 35.5. The number of ether oxygens (including phenoxy) is 1. The Balaban J connectivity index is 1.69. The molecule has 0 heterocycles. The molecule has 3 rings (SSSR count). The standard InChI is InChI=1S/C22H17ClN2O4/c1-29-22(28)15-10-8-14(9-11-15)20(26)24-18-6-2-4-16(12-18)21(27)25-19-7-3-5-17(23)13-19/h2-13H,1H3,(H,24,26)(H,25,27). The van der Waals surface area contributed by atoms with E-state index in [2.05, 4.69) is 15.4 Å². The first kappa shape index (κ1) is 20.1. The van der Waals surface area contributed by atoms with Crippen molar-refractivity contribution >= 4 is 40.8 Å².